The number of hydrogen-bond donors (Lipinski definition) is 3. The molecule has 190 valence electrons. The lowest BCUT2D eigenvalue weighted by molar-refractivity contribution is -0.429. The molecular formula is C27H36N2O5S. The number of hydrogen-bond acceptors (Lipinski definition) is 8. The molecule has 7 aliphatic rings. The third-order valence-corrected chi connectivity index (χ3v) is 11.9. The minimum Gasteiger partial charge on any atom is -0.391 e. The number of aromatic nitrogens is 1. The average molecular weight is 501 g/mol. The lowest BCUT2D eigenvalue weighted by Crippen LogP contribution is -2.85. The molecular weight excluding hydrogens is 464 g/mol. The molecule has 8 rings (SSSR count). The zero-order valence-electron chi connectivity index (χ0n) is 20.6. The number of carbonyl (C=O) groups is 1. The maximum atomic E-state index is 13.9. The zero-order chi connectivity index (χ0) is 24.5. The maximum Gasteiger partial charge on any atom is 0.208 e. The lowest BCUT2D eigenvalue weighted by atomic mass is 9.36. The van der Waals surface area contributed by atoms with Crippen LogP contribution in [0, 0.1) is 28.6 Å². The monoisotopic (exact) mass is 500 g/mol. The Morgan fingerprint density at radius 1 is 1.11 bits per heavy atom. The predicted molar refractivity (Wildman–Crippen MR) is 131 cm³/mol. The van der Waals surface area contributed by atoms with E-state index in [4.69, 9.17) is 9.72 Å². The van der Waals surface area contributed by atoms with Crippen LogP contribution in [-0.2, 0) is 21.4 Å². The van der Waals surface area contributed by atoms with Crippen molar-refractivity contribution in [2.24, 2.45) is 28.6 Å². The van der Waals surface area contributed by atoms with E-state index in [1.165, 1.54) is 17.7 Å². The summed E-state index contributed by atoms with van der Waals surface area (Å²) < 4.78 is 6.18. The molecule has 2 spiro atoms. The fourth-order valence-electron chi connectivity index (χ4n) is 9.48. The molecule has 0 aromatic carbocycles. The molecule has 0 radical (unpaired) electrons. The van der Waals surface area contributed by atoms with E-state index in [9.17, 15) is 20.1 Å². The summed E-state index contributed by atoms with van der Waals surface area (Å²) in [6, 6.07) is 0. The van der Waals surface area contributed by atoms with E-state index in [2.05, 4.69) is 25.3 Å². The van der Waals surface area contributed by atoms with Crippen LogP contribution in [0.3, 0.4) is 0 Å². The highest BCUT2D eigenvalue weighted by molar-refractivity contribution is 7.15. The van der Waals surface area contributed by atoms with Crippen molar-refractivity contribution in [1.29, 1.82) is 0 Å². The third kappa shape index (κ3) is 2.38. The summed E-state index contributed by atoms with van der Waals surface area (Å²) in [4.78, 5) is 22.8. The Bertz CT molecular complexity index is 1120. The highest BCUT2D eigenvalue weighted by atomic mass is 32.1. The van der Waals surface area contributed by atoms with Gasteiger partial charge in [-0.15, -0.1) is 11.3 Å². The van der Waals surface area contributed by atoms with Crippen molar-refractivity contribution in [2.75, 3.05) is 24.6 Å². The number of ketones is 1. The second-order valence-electron chi connectivity index (χ2n) is 12.7. The predicted octanol–water partition coefficient (Wildman–Crippen LogP) is 2.57. The topological polar surface area (TPSA) is 103 Å². The first kappa shape index (κ1) is 22.8. The van der Waals surface area contributed by atoms with Crippen molar-refractivity contribution >= 4 is 22.3 Å². The fraction of sp³-hybridized carbons (Fsp3) is 0.778. The molecule has 8 heteroatoms. The van der Waals surface area contributed by atoms with Gasteiger partial charge in [0.1, 0.15) is 11.5 Å². The Morgan fingerprint density at radius 2 is 1.83 bits per heavy atom. The molecule has 4 unspecified atom stereocenters. The van der Waals surface area contributed by atoms with Crippen LogP contribution in [0.25, 0.3) is 0 Å². The SMILES string of the molecule is C=C1C(=O)[C@@]23C(CCC1[C@H]2O)[C@@]12COC3(O)[C@@H](O)C1C(C)(C)Cc1sc(N3CCCCCC3)nc12. The van der Waals surface area contributed by atoms with Crippen LogP contribution in [0.15, 0.2) is 12.2 Å². The van der Waals surface area contributed by atoms with Crippen molar-refractivity contribution in [2.45, 2.75) is 82.2 Å². The number of anilines is 1. The third-order valence-electron chi connectivity index (χ3n) is 10.8. The number of aliphatic hydroxyl groups excluding tert-OH is 2. The summed E-state index contributed by atoms with van der Waals surface area (Å²) in [6.07, 6.45) is 4.48. The highest BCUT2D eigenvalue weighted by Gasteiger charge is 2.86. The molecule has 7 nitrogen and oxygen atoms in total. The Morgan fingerprint density at radius 3 is 2.54 bits per heavy atom. The van der Waals surface area contributed by atoms with Gasteiger partial charge in [0.25, 0.3) is 0 Å². The van der Waals surface area contributed by atoms with Crippen LogP contribution in [-0.4, -0.2) is 63.8 Å². The molecule has 3 saturated heterocycles. The molecule has 1 aromatic rings. The van der Waals surface area contributed by atoms with E-state index < -0.39 is 34.7 Å². The van der Waals surface area contributed by atoms with Gasteiger partial charge in [0.05, 0.1) is 18.4 Å². The second kappa shape index (κ2) is 6.95. The Hall–Kier alpha value is -1.32. The van der Waals surface area contributed by atoms with Gasteiger partial charge in [0.2, 0.25) is 5.79 Å². The summed E-state index contributed by atoms with van der Waals surface area (Å²) in [5.74, 6) is -3.55. The fourth-order valence-corrected chi connectivity index (χ4v) is 10.9. The summed E-state index contributed by atoms with van der Waals surface area (Å²) in [5, 5.41) is 36.5. The standard InChI is InChI=1S/C27H36N2O5S/c1-14-15-8-9-17-25-13-34-27(33,26(17,20(14)30)21(15)31)22(32)18(25)24(2,3)12-16-19(25)28-23(35-16)29-10-6-4-5-7-11-29/h15,17-18,21-22,31-33H,1,4-13H2,2-3H3/t15?,17?,18?,21-,22+,25+,26+,27?/m1/s1. The number of thiazole rings is 1. The Balaban J connectivity index is 1.46. The number of aliphatic hydroxyl groups is 3. The van der Waals surface area contributed by atoms with Crippen LogP contribution in [0.4, 0.5) is 5.13 Å². The summed E-state index contributed by atoms with van der Waals surface area (Å²) in [7, 11) is 0. The number of rotatable bonds is 1. The van der Waals surface area contributed by atoms with Gasteiger partial charge in [0, 0.05) is 35.2 Å². The summed E-state index contributed by atoms with van der Waals surface area (Å²) in [6.45, 7) is 10.5. The van der Waals surface area contributed by atoms with Crippen LogP contribution in [0.5, 0.6) is 0 Å². The molecule has 4 aliphatic carbocycles. The van der Waals surface area contributed by atoms with Crippen molar-refractivity contribution in [1.82, 2.24) is 4.98 Å². The summed E-state index contributed by atoms with van der Waals surface area (Å²) >= 11 is 1.75. The quantitative estimate of drug-likeness (QED) is 0.509. The summed E-state index contributed by atoms with van der Waals surface area (Å²) in [5.41, 5.74) is -1.38. The molecule has 4 bridgehead atoms. The van der Waals surface area contributed by atoms with Crippen molar-refractivity contribution in [3.8, 4) is 0 Å². The van der Waals surface area contributed by atoms with E-state index in [0.29, 0.717) is 18.4 Å². The van der Waals surface area contributed by atoms with Crippen LogP contribution >= 0.6 is 11.3 Å². The number of fused-ring (bicyclic) bond motifs is 3. The smallest absolute Gasteiger partial charge is 0.208 e. The van der Waals surface area contributed by atoms with Gasteiger partial charge < -0.3 is 25.0 Å². The van der Waals surface area contributed by atoms with E-state index in [1.54, 1.807) is 11.3 Å². The van der Waals surface area contributed by atoms with Crippen molar-refractivity contribution < 1.29 is 24.9 Å². The number of Topliss-reactive ketones (excluding diaryl/α,β-unsaturated/α-hetero) is 1. The molecule has 35 heavy (non-hydrogen) atoms. The number of carbonyl (C=O) groups excluding carboxylic acids is 1. The molecule has 3 saturated carbocycles. The maximum absolute atomic E-state index is 13.9. The van der Waals surface area contributed by atoms with Crippen LogP contribution < -0.4 is 4.90 Å². The van der Waals surface area contributed by atoms with Gasteiger partial charge in [-0.3, -0.25) is 4.79 Å². The first-order chi connectivity index (χ1) is 16.6. The zero-order valence-corrected chi connectivity index (χ0v) is 21.4. The van der Waals surface area contributed by atoms with E-state index in [1.807, 2.05) is 0 Å². The van der Waals surface area contributed by atoms with E-state index >= 15 is 0 Å². The van der Waals surface area contributed by atoms with Crippen molar-refractivity contribution in [3.05, 3.63) is 22.7 Å². The molecule has 3 N–H and O–H groups in total. The van der Waals surface area contributed by atoms with Crippen LogP contribution in [0.1, 0.15) is 62.9 Å². The number of ether oxygens (including phenoxy) is 1. The van der Waals surface area contributed by atoms with Gasteiger partial charge in [-0.2, -0.15) is 0 Å². The van der Waals surface area contributed by atoms with Gasteiger partial charge in [-0.1, -0.05) is 33.3 Å². The van der Waals surface area contributed by atoms with Crippen molar-refractivity contribution in [3.63, 3.8) is 0 Å². The van der Waals surface area contributed by atoms with Gasteiger partial charge in [-0.25, -0.2) is 4.98 Å². The molecule has 1 aromatic heterocycles. The largest absolute Gasteiger partial charge is 0.391 e. The first-order valence-corrected chi connectivity index (χ1v) is 14.1. The van der Waals surface area contributed by atoms with E-state index in [0.717, 1.165) is 43.2 Å². The first-order valence-electron chi connectivity index (χ1n) is 13.3. The Labute approximate surface area is 210 Å². The van der Waals surface area contributed by atoms with E-state index in [-0.39, 0.29) is 29.6 Å². The second-order valence-corrected chi connectivity index (χ2v) is 13.7. The normalized spacial score (nSPS) is 47.8. The number of nitrogens with zero attached hydrogens (tertiary/aromatic N) is 2. The molecule has 4 heterocycles. The molecule has 3 aliphatic heterocycles. The average Bonchev–Trinajstić information content (AvgIpc) is 3.09. The lowest BCUT2D eigenvalue weighted by Gasteiger charge is -2.73. The van der Waals surface area contributed by atoms with Gasteiger partial charge in [-0.05, 0) is 49.0 Å². The highest BCUT2D eigenvalue weighted by Crippen LogP contribution is 2.75. The Kier molecular flexibility index (Phi) is 4.54. The molecule has 8 atom stereocenters. The van der Waals surface area contributed by atoms with Gasteiger partial charge in [0.15, 0.2) is 10.9 Å². The van der Waals surface area contributed by atoms with Crippen LogP contribution in [0.2, 0.25) is 0 Å². The minimum atomic E-state index is -2.13. The minimum absolute atomic E-state index is 0.203. The van der Waals surface area contributed by atoms with Gasteiger partial charge >= 0.3 is 0 Å². The molecule has 6 fully saturated rings. The molecule has 0 amide bonds.